The fraction of sp³-hybridized carbons (Fsp3) is 0.107. The first-order valence-electron chi connectivity index (χ1n) is 20.0. The average Bonchev–Trinajstić information content (AvgIpc) is 3.78. The lowest BCUT2D eigenvalue weighted by atomic mass is 9.78. The first-order valence-corrected chi connectivity index (χ1v) is 20.0. The summed E-state index contributed by atoms with van der Waals surface area (Å²) in [5.41, 5.74) is 23.9. The number of hydrogen-bond donors (Lipinski definition) is 0. The second-order valence-electron chi connectivity index (χ2n) is 17.2. The van der Waals surface area contributed by atoms with Crippen LogP contribution in [0.5, 0.6) is 0 Å². The maximum Gasteiger partial charge on any atom is 0.0159 e. The molecule has 3 aliphatic carbocycles. The lowest BCUT2D eigenvalue weighted by Crippen LogP contribution is -2.15. The minimum Gasteiger partial charge on any atom is -0.0622 e. The molecule has 12 rings (SSSR count). The van der Waals surface area contributed by atoms with Gasteiger partial charge in [-0.15, -0.1) is 0 Å². The Morgan fingerprint density at radius 3 is 1.25 bits per heavy atom. The molecular weight excluding hydrogens is 673 g/mol. The van der Waals surface area contributed by atoms with Crippen molar-refractivity contribution in [3.8, 4) is 77.9 Å². The average molecular weight is 713 g/mol. The summed E-state index contributed by atoms with van der Waals surface area (Å²) in [6.07, 6.45) is 0. The highest BCUT2D eigenvalue weighted by molar-refractivity contribution is 6.29. The quantitative estimate of drug-likeness (QED) is 0.171. The Labute approximate surface area is 328 Å². The standard InChI is InChI=1S/C56H40/c1-55(2)46-23-12-10-17-37(46)39-27-25-34(31-48(39)55)50-42-19-8-9-20-43(42)51(35-26-28-40-38-18-11-13-24-47(38)56(3,4)49(40)32-35)54-45-30-29-36(33-15-6-5-7-16-33)41-21-14-22-44(52(41)45)53(50)54/h5-32H,1-4H3. The smallest absolute Gasteiger partial charge is 0.0159 e. The maximum absolute atomic E-state index is 2.52. The van der Waals surface area contributed by atoms with Crippen molar-refractivity contribution in [2.24, 2.45) is 0 Å². The normalized spacial score (nSPS) is 14.7. The molecule has 0 saturated carbocycles. The summed E-state index contributed by atoms with van der Waals surface area (Å²) in [6.45, 7) is 9.57. The van der Waals surface area contributed by atoms with Gasteiger partial charge in [0.25, 0.3) is 0 Å². The van der Waals surface area contributed by atoms with Crippen LogP contribution in [0.3, 0.4) is 0 Å². The Hall–Kier alpha value is -6.50. The molecule has 0 amide bonds. The van der Waals surface area contributed by atoms with Crippen molar-refractivity contribution in [3.05, 3.63) is 192 Å². The van der Waals surface area contributed by atoms with Crippen LogP contribution in [0, 0.1) is 0 Å². The lowest BCUT2D eigenvalue weighted by Gasteiger charge is -2.25. The molecule has 0 heteroatoms. The fourth-order valence-corrected chi connectivity index (χ4v) is 11.0. The summed E-state index contributed by atoms with van der Waals surface area (Å²) >= 11 is 0. The molecule has 56 heavy (non-hydrogen) atoms. The maximum atomic E-state index is 2.52. The van der Waals surface area contributed by atoms with Gasteiger partial charge in [0.2, 0.25) is 0 Å². The van der Waals surface area contributed by atoms with Gasteiger partial charge in [-0.3, -0.25) is 0 Å². The Balaban J connectivity index is 1.20. The van der Waals surface area contributed by atoms with Gasteiger partial charge < -0.3 is 0 Å². The van der Waals surface area contributed by atoms with Crippen LogP contribution in [0.4, 0.5) is 0 Å². The predicted molar refractivity (Wildman–Crippen MR) is 237 cm³/mol. The molecule has 0 heterocycles. The minimum atomic E-state index is -0.0940. The molecule has 0 spiro atoms. The van der Waals surface area contributed by atoms with Crippen LogP contribution in [0.1, 0.15) is 49.9 Å². The van der Waals surface area contributed by atoms with Crippen molar-refractivity contribution in [1.82, 2.24) is 0 Å². The molecule has 0 bridgehead atoms. The largest absolute Gasteiger partial charge is 0.0622 e. The van der Waals surface area contributed by atoms with Crippen molar-refractivity contribution in [2.45, 2.75) is 38.5 Å². The summed E-state index contributed by atoms with van der Waals surface area (Å²) in [7, 11) is 0. The van der Waals surface area contributed by atoms with Gasteiger partial charge in [-0.25, -0.2) is 0 Å². The number of hydrogen-bond acceptors (Lipinski definition) is 0. The second-order valence-corrected chi connectivity index (χ2v) is 17.2. The zero-order valence-electron chi connectivity index (χ0n) is 32.2. The Bertz CT molecular complexity index is 3010. The van der Waals surface area contributed by atoms with E-state index in [1.807, 2.05) is 0 Å². The van der Waals surface area contributed by atoms with Gasteiger partial charge in [0.15, 0.2) is 0 Å². The highest BCUT2D eigenvalue weighted by Gasteiger charge is 2.38. The third-order valence-corrected chi connectivity index (χ3v) is 13.6. The van der Waals surface area contributed by atoms with E-state index in [0.29, 0.717) is 0 Å². The summed E-state index contributed by atoms with van der Waals surface area (Å²) in [5.74, 6) is 0. The third kappa shape index (κ3) is 4.04. The number of rotatable bonds is 3. The SMILES string of the molecule is CC1(C)c2ccccc2-c2ccc(-c3c4c(c(-c5ccc6c(c5)C(C)(C)c5ccccc5-6)c5ccccc35)-c3ccc(-c5ccccc5)c5cccc-4c35)cc21. The van der Waals surface area contributed by atoms with Crippen LogP contribution in [0.2, 0.25) is 0 Å². The van der Waals surface area contributed by atoms with E-state index in [4.69, 9.17) is 0 Å². The van der Waals surface area contributed by atoms with Gasteiger partial charge >= 0.3 is 0 Å². The first kappa shape index (κ1) is 31.8. The van der Waals surface area contributed by atoms with Crippen molar-refractivity contribution < 1.29 is 0 Å². The zero-order valence-corrected chi connectivity index (χ0v) is 32.2. The van der Waals surface area contributed by atoms with E-state index in [9.17, 15) is 0 Å². The Morgan fingerprint density at radius 1 is 0.268 bits per heavy atom. The Kier molecular flexibility index (Phi) is 6.28. The fourth-order valence-electron chi connectivity index (χ4n) is 11.0. The minimum absolute atomic E-state index is 0.0940. The number of fused-ring (bicyclic) bond motifs is 10. The van der Waals surface area contributed by atoms with Gasteiger partial charge in [-0.1, -0.05) is 185 Å². The first-order chi connectivity index (χ1) is 27.3. The molecular formula is C56H40. The molecule has 0 N–H and O–H groups in total. The molecule has 264 valence electrons. The molecule has 0 unspecified atom stereocenters. The highest BCUT2D eigenvalue weighted by Crippen LogP contribution is 2.60. The molecule has 9 aromatic rings. The van der Waals surface area contributed by atoms with Crippen LogP contribution in [-0.2, 0) is 10.8 Å². The van der Waals surface area contributed by atoms with Crippen LogP contribution in [-0.4, -0.2) is 0 Å². The van der Waals surface area contributed by atoms with Crippen LogP contribution < -0.4 is 0 Å². The summed E-state index contributed by atoms with van der Waals surface area (Å²) < 4.78 is 0. The molecule has 0 saturated heterocycles. The second kappa shape index (κ2) is 11.1. The number of benzene rings is 9. The van der Waals surface area contributed by atoms with Crippen molar-refractivity contribution in [1.29, 1.82) is 0 Å². The van der Waals surface area contributed by atoms with E-state index in [1.54, 1.807) is 0 Å². The van der Waals surface area contributed by atoms with Gasteiger partial charge in [0.1, 0.15) is 0 Å². The third-order valence-electron chi connectivity index (χ3n) is 13.6. The molecule has 0 nitrogen and oxygen atoms in total. The van der Waals surface area contributed by atoms with E-state index in [-0.39, 0.29) is 10.8 Å². The van der Waals surface area contributed by atoms with Gasteiger partial charge in [-0.05, 0) is 134 Å². The Morgan fingerprint density at radius 2 is 0.679 bits per heavy atom. The van der Waals surface area contributed by atoms with Crippen molar-refractivity contribution in [3.63, 3.8) is 0 Å². The van der Waals surface area contributed by atoms with E-state index in [2.05, 4.69) is 198 Å². The van der Waals surface area contributed by atoms with Crippen LogP contribution >= 0.6 is 0 Å². The molecule has 0 atom stereocenters. The van der Waals surface area contributed by atoms with Crippen LogP contribution in [0.25, 0.3) is 99.4 Å². The molecule has 0 aliphatic heterocycles. The van der Waals surface area contributed by atoms with E-state index in [0.717, 1.165) is 0 Å². The van der Waals surface area contributed by atoms with Gasteiger partial charge in [-0.2, -0.15) is 0 Å². The van der Waals surface area contributed by atoms with Crippen molar-refractivity contribution in [2.75, 3.05) is 0 Å². The summed E-state index contributed by atoms with van der Waals surface area (Å²) in [4.78, 5) is 0. The molecule has 0 radical (unpaired) electrons. The molecule has 0 fully saturated rings. The topological polar surface area (TPSA) is 0 Å². The van der Waals surface area contributed by atoms with E-state index >= 15 is 0 Å². The molecule has 9 aromatic carbocycles. The predicted octanol–water partition coefficient (Wildman–Crippen LogP) is 15.3. The lowest BCUT2D eigenvalue weighted by molar-refractivity contribution is 0.660. The monoisotopic (exact) mass is 712 g/mol. The van der Waals surface area contributed by atoms with Crippen LogP contribution in [0.15, 0.2) is 170 Å². The highest BCUT2D eigenvalue weighted by atomic mass is 14.4. The zero-order chi connectivity index (χ0) is 37.5. The van der Waals surface area contributed by atoms with Gasteiger partial charge in [0, 0.05) is 10.8 Å². The molecule has 3 aliphatic rings. The van der Waals surface area contributed by atoms with E-state index < -0.39 is 0 Å². The van der Waals surface area contributed by atoms with E-state index in [1.165, 1.54) is 122 Å². The van der Waals surface area contributed by atoms with Crippen molar-refractivity contribution >= 4 is 21.5 Å². The summed E-state index contributed by atoms with van der Waals surface area (Å²) in [6, 6.07) is 64.4. The summed E-state index contributed by atoms with van der Waals surface area (Å²) in [5, 5.41) is 5.25. The molecule has 0 aromatic heterocycles. The van der Waals surface area contributed by atoms with Gasteiger partial charge in [0.05, 0.1) is 0 Å².